The maximum atomic E-state index is 14.7. The summed E-state index contributed by atoms with van der Waals surface area (Å²) in [6, 6.07) is 16.3. The van der Waals surface area contributed by atoms with Crippen molar-refractivity contribution in [1.82, 2.24) is 0 Å². The van der Waals surface area contributed by atoms with Crippen LogP contribution in [0.15, 0.2) is 60.7 Å². The summed E-state index contributed by atoms with van der Waals surface area (Å²) < 4.78 is 42.3. The van der Waals surface area contributed by atoms with E-state index in [9.17, 15) is 13.2 Å². The van der Waals surface area contributed by atoms with Crippen LogP contribution in [0.4, 0.5) is 13.2 Å². The lowest BCUT2D eigenvalue weighted by Gasteiger charge is -2.11. The van der Waals surface area contributed by atoms with Gasteiger partial charge in [-0.1, -0.05) is 43.3 Å². The molecule has 0 radical (unpaired) electrons. The summed E-state index contributed by atoms with van der Waals surface area (Å²) >= 11 is 0. The summed E-state index contributed by atoms with van der Waals surface area (Å²) in [5, 5.41) is 2.09. The van der Waals surface area contributed by atoms with Crippen molar-refractivity contribution in [2.45, 2.75) is 13.3 Å². The van der Waals surface area contributed by atoms with Gasteiger partial charge in [0, 0.05) is 10.8 Å². The highest BCUT2D eigenvalue weighted by Gasteiger charge is 2.13. The van der Waals surface area contributed by atoms with Crippen LogP contribution in [0.25, 0.3) is 32.7 Å². The normalized spacial score (nSPS) is 11.4. The van der Waals surface area contributed by atoms with Crippen molar-refractivity contribution >= 4 is 21.5 Å². The number of aryl methyl sites for hydroxylation is 1. The quantitative estimate of drug-likeness (QED) is 0.360. The molecule has 0 aliphatic heterocycles. The highest BCUT2D eigenvalue weighted by atomic mass is 19.1. The van der Waals surface area contributed by atoms with Gasteiger partial charge in [-0.2, -0.15) is 0 Å². The van der Waals surface area contributed by atoms with Crippen molar-refractivity contribution in [3.05, 3.63) is 83.7 Å². The van der Waals surface area contributed by atoms with Gasteiger partial charge in [0.15, 0.2) is 0 Å². The van der Waals surface area contributed by atoms with Crippen molar-refractivity contribution < 1.29 is 13.2 Å². The van der Waals surface area contributed by atoms with Crippen LogP contribution < -0.4 is 0 Å². The Morgan fingerprint density at radius 1 is 0.640 bits per heavy atom. The number of hydrogen-bond donors (Lipinski definition) is 0. The highest BCUT2D eigenvalue weighted by molar-refractivity contribution is 6.09. The molecule has 0 N–H and O–H groups in total. The Morgan fingerprint density at radius 3 is 2.00 bits per heavy atom. The molecule has 0 amide bonds. The number of benzene rings is 4. The summed E-state index contributed by atoms with van der Waals surface area (Å²) in [7, 11) is 0. The molecule has 0 bridgehead atoms. The lowest BCUT2D eigenvalue weighted by atomic mass is 9.95. The third-order valence-corrected chi connectivity index (χ3v) is 4.66. The molecule has 0 saturated carbocycles. The van der Waals surface area contributed by atoms with Crippen LogP contribution in [0.2, 0.25) is 0 Å². The predicted octanol–water partition coefficient (Wildman–Crippen LogP) is 6.64. The summed E-state index contributed by atoms with van der Waals surface area (Å²) in [6.45, 7) is 1.87. The van der Waals surface area contributed by atoms with E-state index in [1.54, 1.807) is 30.3 Å². The van der Waals surface area contributed by atoms with Crippen molar-refractivity contribution in [2.24, 2.45) is 0 Å². The first kappa shape index (κ1) is 15.7. The Kier molecular flexibility index (Phi) is 3.72. The molecule has 0 atom stereocenters. The zero-order valence-corrected chi connectivity index (χ0v) is 13.6. The molecular formula is C22H15F3. The minimum atomic E-state index is -0.460. The molecule has 0 saturated heterocycles. The minimum Gasteiger partial charge on any atom is -0.207 e. The lowest BCUT2D eigenvalue weighted by Crippen LogP contribution is -1.92. The van der Waals surface area contributed by atoms with Crippen molar-refractivity contribution in [3.63, 3.8) is 0 Å². The summed E-state index contributed by atoms with van der Waals surface area (Å²) in [5.74, 6) is -1.13. The van der Waals surface area contributed by atoms with E-state index in [-0.39, 0.29) is 11.6 Å². The molecule has 0 aliphatic carbocycles. The maximum absolute atomic E-state index is 14.7. The molecule has 0 spiro atoms. The van der Waals surface area contributed by atoms with Gasteiger partial charge in [0.2, 0.25) is 0 Å². The molecule has 0 aliphatic rings. The maximum Gasteiger partial charge on any atom is 0.134 e. The van der Waals surface area contributed by atoms with Gasteiger partial charge in [-0.15, -0.1) is 0 Å². The fourth-order valence-electron chi connectivity index (χ4n) is 3.29. The molecule has 124 valence electrons. The molecular weight excluding hydrogens is 321 g/mol. The standard InChI is InChI=1S/C22H15F3/c1-2-13-5-9-18-17-10-6-15(14-3-7-16(23)8-4-14)11-19(17)21(24)12-20(18)22(13)25/h3-12H,2H2,1H3. The van der Waals surface area contributed by atoms with E-state index in [1.165, 1.54) is 18.2 Å². The molecule has 4 aromatic rings. The SMILES string of the molecule is CCc1ccc2c(cc(F)c3cc(-c4ccc(F)cc4)ccc32)c1F. The van der Waals surface area contributed by atoms with Crippen LogP contribution in [0, 0.1) is 17.5 Å². The van der Waals surface area contributed by atoms with Gasteiger partial charge in [-0.3, -0.25) is 0 Å². The van der Waals surface area contributed by atoms with Crippen molar-refractivity contribution in [3.8, 4) is 11.1 Å². The van der Waals surface area contributed by atoms with E-state index >= 15 is 0 Å². The van der Waals surface area contributed by atoms with Crippen molar-refractivity contribution in [2.75, 3.05) is 0 Å². The highest BCUT2D eigenvalue weighted by Crippen LogP contribution is 2.33. The number of hydrogen-bond acceptors (Lipinski definition) is 0. The predicted molar refractivity (Wildman–Crippen MR) is 96.1 cm³/mol. The smallest absolute Gasteiger partial charge is 0.134 e. The minimum absolute atomic E-state index is 0.305. The molecule has 0 nitrogen and oxygen atoms in total. The Labute approximate surface area is 143 Å². The van der Waals surface area contributed by atoms with Crippen LogP contribution >= 0.6 is 0 Å². The molecule has 3 heteroatoms. The second-order valence-corrected chi connectivity index (χ2v) is 6.11. The molecule has 0 heterocycles. The molecule has 0 unspecified atom stereocenters. The van der Waals surface area contributed by atoms with Crippen LogP contribution in [-0.4, -0.2) is 0 Å². The largest absolute Gasteiger partial charge is 0.207 e. The molecule has 25 heavy (non-hydrogen) atoms. The van der Waals surface area contributed by atoms with Crippen LogP contribution in [-0.2, 0) is 6.42 Å². The Balaban J connectivity index is 1.99. The van der Waals surface area contributed by atoms with E-state index in [2.05, 4.69) is 0 Å². The first-order chi connectivity index (χ1) is 12.1. The van der Waals surface area contributed by atoms with Gasteiger partial charge >= 0.3 is 0 Å². The van der Waals surface area contributed by atoms with E-state index < -0.39 is 5.82 Å². The third kappa shape index (κ3) is 2.56. The topological polar surface area (TPSA) is 0 Å². The molecule has 4 aromatic carbocycles. The first-order valence-electron chi connectivity index (χ1n) is 8.18. The summed E-state index contributed by atoms with van der Waals surface area (Å²) in [6.07, 6.45) is 0.560. The Morgan fingerprint density at radius 2 is 1.28 bits per heavy atom. The molecule has 4 rings (SSSR count). The van der Waals surface area contributed by atoms with Crippen LogP contribution in [0.3, 0.4) is 0 Å². The average molecular weight is 336 g/mol. The fraction of sp³-hybridized carbons (Fsp3) is 0.0909. The van der Waals surface area contributed by atoms with Crippen LogP contribution in [0.5, 0.6) is 0 Å². The molecule has 0 fully saturated rings. The van der Waals surface area contributed by atoms with E-state index in [0.717, 1.165) is 11.1 Å². The van der Waals surface area contributed by atoms with Gasteiger partial charge < -0.3 is 0 Å². The van der Waals surface area contributed by atoms with E-state index in [0.29, 0.717) is 33.5 Å². The second-order valence-electron chi connectivity index (χ2n) is 6.11. The van der Waals surface area contributed by atoms with Gasteiger partial charge in [-0.25, -0.2) is 13.2 Å². The van der Waals surface area contributed by atoms with Gasteiger partial charge in [0.25, 0.3) is 0 Å². The van der Waals surface area contributed by atoms with E-state index in [4.69, 9.17) is 0 Å². The van der Waals surface area contributed by atoms with Gasteiger partial charge in [0.05, 0.1) is 0 Å². The number of rotatable bonds is 2. The molecule has 0 aromatic heterocycles. The number of fused-ring (bicyclic) bond motifs is 3. The lowest BCUT2D eigenvalue weighted by molar-refractivity contribution is 0.618. The van der Waals surface area contributed by atoms with Gasteiger partial charge in [-0.05, 0) is 58.1 Å². The summed E-state index contributed by atoms with van der Waals surface area (Å²) in [5.41, 5.74) is 2.17. The monoisotopic (exact) mass is 336 g/mol. The summed E-state index contributed by atoms with van der Waals surface area (Å²) in [4.78, 5) is 0. The second kappa shape index (κ2) is 5.92. The zero-order valence-electron chi connectivity index (χ0n) is 13.6. The Hall–Kier alpha value is -2.81. The third-order valence-electron chi connectivity index (χ3n) is 4.66. The van der Waals surface area contributed by atoms with Gasteiger partial charge in [0.1, 0.15) is 17.5 Å². The first-order valence-corrected chi connectivity index (χ1v) is 8.18. The van der Waals surface area contributed by atoms with Crippen molar-refractivity contribution in [1.29, 1.82) is 0 Å². The van der Waals surface area contributed by atoms with Crippen LogP contribution in [0.1, 0.15) is 12.5 Å². The number of halogens is 3. The Bertz CT molecular complexity index is 1100. The zero-order chi connectivity index (χ0) is 17.6. The fourth-order valence-corrected chi connectivity index (χ4v) is 3.29. The average Bonchev–Trinajstić information content (AvgIpc) is 2.63. The van der Waals surface area contributed by atoms with E-state index in [1.807, 2.05) is 19.1 Å².